The van der Waals surface area contributed by atoms with Crippen LogP contribution in [0.5, 0.6) is 5.75 Å². The summed E-state index contributed by atoms with van der Waals surface area (Å²) in [6.07, 6.45) is 0. The number of sulfonamides is 1. The van der Waals surface area contributed by atoms with Crippen molar-refractivity contribution in [2.75, 3.05) is 44.8 Å². The van der Waals surface area contributed by atoms with Crippen molar-refractivity contribution in [2.24, 2.45) is 0 Å². The molecule has 0 spiro atoms. The van der Waals surface area contributed by atoms with Gasteiger partial charge in [0.2, 0.25) is 15.9 Å². The number of benzene rings is 2. The number of nitrogens with zero attached hydrogens (tertiary/aromatic N) is 1. The first-order chi connectivity index (χ1) is 15.7. The molecule has 3 rings (SSSR count). The van der Waals surface area contributed by atoms with Gasteiger partial charge in [-0.3, -0.25) is 9.59 Å². The van der Waals surface area contributed by atoms with E-state index < -0.39 is 15.9 Å². The van der Waals surface area contributed by atoms with E-state index in [2.05, 4.69) is 10.6 Å². The number of rotatable bonds is 8. The van der Waals surface area contributed by atoms with Gasteiger partial charge < -0.3 is 20.1 Å². The Bertz CT molecular complexity index is 1110. The standard InChI is InChI=1S/C23H29N3O6S/c1-4-32-20-6-5-19(14-21(20)33(29,30)26-7-9-31-10-8-26)25-22(27)15-24-23(28)18-12-16(2)11-17(3)13-18/h5-6,11-14H,4,7-10,15H2,1-3H3,(H,24,28)(H,25,27). The van der Waals surface area contributed by atoms with Crippen molar-refractivity contribution in [1.29, 1.82) is 0 Å². The third-order valence-electron chi connectivity index (χ3n) is 5.01. The summed E-state index contributed by atoms with van der Waals surface area (Å²) < 4.78 is 38.4. The molecule has 1 heterocycles. The van der Waals surface area contributed by atoms with Crippen LogP contribution in [0.25, 0.3) is 0 Å². The minimum atomic E-state index is -3.84. The molecule has 1 saturated heterocycles. The Morgan fingerprint density at radius 3 is 2.36 bits per heavy atom. The molecule has 0 saturated carbocycles. The molecule has 2 N–H and O–H groups in total. The number of morpholine rings is 1. The zero-order chi connectivity index (χ0) is 24.0. The Balaban J connectivity index is 1.72. The maximum atomic E-state index is 13.2. The fourth-order valence-corrected chi connectivity index (χ4v) is 5.13. The highest BCUT2D eigenvalue weighted by Crippen LogP contribution is 2.30. The highest BCUT2D eigenvalue weighted by Gasteiger charge is 2.29. The molecule has 0 unspecified atom stereocenters. The van der Waals surface area contributed by atoms with E-state index >= 15 is 0 Å². The summed E-state index contributed by atoms with van der Waals surface area (Å²) in [5, 5.41) is 5.23. The fraction of sp³-hybridized carbons (Fsp3) is 0.391. The van der Waals surface area contributed by atoms with Crippen LogP contribution in [-0.2, 0) is 19.6 Å². The molecule has 10 heteroatoms. The van der Waals surface area contributed by atoms with Gasteiger partial charge in [0.15, 0.2) is 0 Å². The lowest BCUT2D eigenvalue weighted by Gasteiger charge is -2.27. The Hall–Kier alpha value is -2.95. The maximum Gasteiger partial charge on any atom is 0.251 e. The predicted octanol–water partition coefficient (Wildman–Crippen LogP) is 2.09. The SMILES string of the molecule is CCOc1ccc(NC(=O)CNC(=O)c2cc(C)cc(C)c2)cc1S(=O)(=O)N1CCOCC1. The highest BCUT2D eigenvalue weighted by molar-refractivity contribution is 7.89. The van der Waals surface area contributed by atoms with Crippen molar-refractivity contribution >= 4 is 27.5 Å². The maximum absolute atomic E-state index is 13.2. The van der Waals surface area contributed by atoms with Crippen molar-refractivity contribution in [3.8, 4) is 5.75 Å². The first kappa shape index (κ1) is 24.7. The minimum absolute atomic E-state index is 0.0247. The van der Waals surface area contributed by atoms with Gasteiger partial charge in [-0.05, 0) is 51.1 Å². The molecule has 178 valence electrons. The van der Waals surface area contributed by atoms with Crippen molar-refractivity contribution in [1.82, 2.24) is 9.62 Å². The second kappa shape index (κ2) is 10.8. The zero-order valence-corrected chi connectivity index (χ0v) is 19.8. The van der Waals surface area contributed by atoms with Gasteiger partial charge >= 0.3 is 0 Å². The quantitative estimate of drug-likeness (QED) is 0.604. The Labute approximate surface area is 194 Å². The largest absolute Gasteiger partial charge is 0.492 e. The topological polar surface area (TPSA) is 114 Å². The average molecular weight is 476 g/mol. The van der Waals surface area contributed by atoms with Crippen LogP contribution < -0.4 is 15.4 Å². The van der Waals surface area contributed by atoms with Gasteiger partial charge in [0.05, 0.1) is 26.4 Å². The van der Waals surface area contributed by atoms with Crippen LogP contribution in [0.2, 0.25) is 0 Å². The Kier molecular flexibility index (Phi) is 8.06. The molecule has 0 radical (unpaired) electrons. The number of anilines is 1. The second-order valence-corrected chi connectivity index (χ2v) is 9.62. The van der Waals surface area contributed by atoms with Gasteiger partial charge in [0, 0.05) is 24.3 Å². The van der Waals surface area contributed by atoms with E-state index in [4.69, 9.17) is 9.47 Å². The van der Waals surface area contributed by atoms with Gasteiger partial charge in [0.25, 0.3) is 5.91 Å². The van der Waals surface area contributed by atoms with Gasteiger partial charge in [-0.15, -0.1) is 0 Å². The summed E-state index contributed by atoms with van der Waals surface area (Å²) in [6, 6.07) is 9.90. The minimum Gasteiger partial charge on any atom is -0.492 e. The number of hydrogen-bond donors (Lipinski definition) is 2. The van der Waals surface area contributed by atoms with E-state index in [1.54, 1.807) is 25.1 Å². The molecule has 0 bridgehead atoms. The molecule has 1 fully saturated rings. The summed E-state index contributed by atoms with van der Waals surface area (Å²) >= 11 is 0. The molecule has 1 aliphatic rings. The van der Waals surface area contributed by atoms with Crippen LogP contribution in [0.15, 0.2) is 41.3 Å². The van der Waals surface area contributed by atoms with Crippen LogP contribution in [0.4, 0.5) is 5.69 Å². The fourth-order valence-electron chi connectivity index (χ4n) is 3.56. The smallest absolute Gasteiger partial charge is 0.251 e. The first-order valence-electron chi connectivity index (χ1n) is 10.7. The Morgan fingerprint density at radius 2 is 1.73 bits per heavy atom. The monoisotopic (exact) mass is 475 g/mol. The van der Waals surface area contributed by atoms with Gasteiger partial charge in [-0.25, -0.2) is 8.42 Å². The van der Waals surface area contributed by atoms with E-state index in [0.29, 0.717) is 25.4 Å². The van der Waals surface area contributed by atoms with E-state index in [0.717, 1.165) is 11.1 Å². The summed E-state index contributed by atoms with van der Waals surface area (Å²) in [4.78, 5) is 24.8. The van der Waals surface area contributed by atoms with Crippen molar-refractivity contribution in [2.45, 2.75) is 25.7 Å². The average Bonchev–Trinajstić information content (AvgIpc) is 2.78. The third-order valence-corrected chi connectivity index (χ3v) is 6.93. The van der Waals surface area contributed by atoms with Crippen LogP contribution in [0.3, 0.4) is 0 Å². The number of ether oxygens (including phenoxy) is 2. The number of carbonyl (C=O) groups excluding carboxylic acids is 2. The van der Waals surface area contributed by atoms with Crippen molar-refractivity contribution < 1.29 is 27.5 Å². The van der Waals surface area contributed by atoms with E-state index in [1.807, 2.05) is 19.9 Å². The summed E-state index contributed by atoms with van der Waals surface area (Å²) in [5.74, 6) is -0.629. The molecule has 2 aromatic carbocycles. The molecule has 0 atom stereocenters. The Morgan fingerprint density at radius 1 is 1.06 bits per heavy atom. The van der Waals surface area contributed by atoms with Gasteiger partial charge in [-0.1, -0.05) is 17.2 Å². The summed E-state index contributed by atoms with van der Waals surface area (Å²) in [5.41, 5.74) is 2.66. The molecule has 0 aromatic heterocycles. The molecular formula is C23H29N3O6S. The molecule has 0 aliphatic carbocycles. The van der Waals surface area contributed by atoms with Crippen LogP contribution in [0, 0.1) is 13.8 Å². The lowest BCUT2D eigenvalue weighted by molar-refractivity contribution is -0.115. The van der Waals surface area contributed by atoms with Crippen LogP contribution >= 0.6 is 0 Å². The van der Waals surface area contributed by atoms with Gasteiger partial charge in [-0.2, -0.15) is 4.31 Å². The predicted molar refractivity (Wildman–Crippen MR) is 124 cm³/mol. The lowest BCUT2D eigenvalue weighted by atomic mass is 10.1. The summed E-state index contributed by atoms with van der Waals surface area (Å²) in [6.45, 7) is 6.71. The zero-order valence-electron chi connectivity index (χ0n) is 19.0. The molecule has 33 heavy (non-hydrogen) atoms. The van der Waals surface area contributed by atoms with Gasteiger partial charge in [0.1, 0.15) is 10.6 Å². The van der Waals surface area contributed by atoms with Crippen molar-refractivity contribution in [3.05, 3.63) is 53.1 Å². The molecule has 2 amide bonds. The third kappa shape index (κ3) is 6.31. The molecule has 1 aliphatic heterocycles. The molecular weight excluding hydrogens is 446 g/mol. The number of aryl methyl sites for hydroxylation is 2. The summed E-state index contributed by atoms with van der Waals surface area (Å²) in [7, 11) is -3.84. The number of amides is 2. The normalized spacial score (nSPS) is 14.5. The van der Waals surface area contributed by atoms with E-state index in [1.165, 1.54) is 16.4 Å². The number of hydrogen-bond acceptors (Lipinski definition) is 6. The second-order valence-electron chi connectivity index (χ2n) is 7.72. The molecule has 2 aromatic rings. The first-order valence-corrected chi connectivity index (χ1v) is 12.2. The van der Waals surface area contributed by atoms with Crippen molar-refractivity contribution in [3.63, 3.8) is 0 Å². The number of carbonyl (C=O) groups is 2. The van der Waals surface area contributed by atoms with E-state index in [9.17, 15) is 18.0 Å². The lowest BCUT2D eigenvalue weighted by Crippen LogP contribution is -2.40. The molecule has 9 nitrogen and oxygen atoms in total. The van der Waals surface area contributed by atoms with Crippen LogP contribution in [-0.4, -0.2) is 64.0 Å². The highest BCUT2D eigenvalue weighted by atomic mass is 32.2. The van der Waals surface area contributed by atoms with Crippen LogP contribution in [0.1, 0.15) is 28.4 Å². The van der Waals surface area contributed by atoms with E-state index in [-0.39, 0.29) is 41.9 Å². The number of nitrogens with one attached hydrogen (secondary N) is 2.